The fourth-order valence-corrected chi connectivity index (χ4v) is 2.78. The first kappa shape index (κ1) is 14.4. The molecule has 21 heavy (non-hydrogen) atoms. The zero-order valence-corrected chi connectivity index (χ0v) is 13.1. The lowest BCUT2D eigenvalue weighted by Gasteiger charge is -2.10. The normalized spacial score (nSPS) is 11.5. The van der Waals surface area contributed by atoms with Gasteiger partial charge >= 0.3 is 0 Å². The molecule has 0 amide bonds. The summed E-state index contributed by atoms with van der Waals surface area (Å²) < 4.78 is 17.7. The topological polar surface area (TPSA) is 35.6 Å². The molecule has 3 rings (SSSR count). The molecule has 0 aliphatic rings. The number of rotatable bonds is 3. The van der Waals surface area contributed by atoms with E-state index in [-0.39, 0.29) is 11.7 Å². The highest BCUT2D eigenvalue weighted by Crippen LogP contribution is 2.28. The van der Waals surface area contributed by atoms with Gasteiger partial charge in [0.15, 0.2) is 5.65 Å². The van der Waals surface area contributed by atoms with Crippen molar-refractivity contribution in [2.24, 2.45) is 0 Å². The van der Waals surface area contributed by atoms with Gasteiger partial charge in [-0.15, -0.1) is 11.6 Å². The Morgan fingerprint density at radius 3 is 2.76 bits per heavy atom. The molecule has 2 heterocycles. The highest BCUT2D eigenvalue weighted by molar-refractivity contribution is 6.30. The standard InChI is InChI=1S/C14H13Cl2FN4/c1-3-20-14-13(8(2)19-20)18-12(7-15)21(14)11-6-9(16)4-5-10(11)17/h4-6H,3,7H2,1-2H3. The van der Waals surface area contributed by atoms with Gasteiger partial charge in [0, 0.05) is 11.6 Å². The molecule has 0 bridgehead atoms. The van der Waals surface area contributed by atoms with Gasteiger partial charge in [-0.25, -0.2) is 14.1 Å². The van der Waals surface area contributed by atoms with Crippen molar-refractivity contribution in [1.29, 1.82) is 0 Å². The fraction of sp³-hybridized carbons (Fsp3) is 0.286. The summed E-state index contributed by atoms with van der Waals surface area (Å²) in [4.78, 5) is 4.48. The molecule has 0 aliphatic heterocycles. The Bertz CT molecular complexity index is 822. The number of benzene rings is 1. The van der Waals surface area contributed by atoms with Gasteiger partial charge in [-0.05, 0) is 32.0 Å². The second kappa shape index (κ2) is 5.31. The predicted octanol–water partition coefficient (Wildman–Crippen LogP) is 4.08. The number of nitrogens with zero attached hydrogens (tertiary/aromatic N) is 4. The maximum absolute atomic E-state index is 14.2. The summed E-state index contributed by atoms with van der Waals surface area (Å²) in [5.74, 6) is 0.353. The van der Waals surface area contributed by atoms with E-state index >= 15 is 0 Å². The van der Waals surface area contributed by atoms with Crippen molar-refractivity contribution >= 4 is 34.4 Å². The zero-order valence-electron chi connectivity index (χ0n) is 11.6. The molecule has 0 spiro atoms. The molecule has 2 aromatic heterocycles. The van der Waals surface area contributed by atoms with Crippen molar-refractivity contribution in [3.05, 3.63) is 40.6 Å². The molecule has 110 valence electrons. The minimum Gasteiger partial charge on any atom is -0.277 e. The molecule has 3 aromatic rings. The van der Waals surface area contributed by atoms with Crippen LogP contribution in [-0.4, -0.2) is 19.3 Å². The lowest BCUT2D eigenvalue weighted by atomic mass is 10.3. The summed E-state index contributed by atoms with van der Waals surface area (Å²) in [6.45, 7) is 4.50. The maximum atomic E-state index is 14.2. The van der Waals surface area contributed by atoms with Gasteiger partial charge in [0.1, 0.15) is 17.2 Å². The van der Waals surface area contributed by atoms with Crippen LogP contribution in [0.2, 0.25) is 5.02 Å². The van der Waals surface area contributed by atoms with E-state index in [1.54, 1.807) is 15.3 Å². The number of halogens is 3. The lowest BCUT2D eigenvalue weighted by molar-refractivity contribution is 0.611. The molecular weight excluding hydrogens is 314 g/mol. The summed E-state index contributed by atoms with van der Waals surface area (Å²) in [6.07, 6.45) is 0. The van der Waals surface area contributed by atoms with E-state index < -0.39 is 0 Å². The van der Waals surface area contributed by atoms with Crippen molar-refractivity contribution < 1.29 is 4.39 Å². The second-order valence-electron chi connectivity index (χ2n) is 4.67. The average Bonchev–Trinajstić information content (AvgIpc) is 2.99. The Labute approximate surface area is 131 Å². The van der Waals surface area contributed by atoms with Crippen molar-refractivity contribution in [2.45, 2.75) is 26.3 Å². The van der Waals surface area contributed by atoms with Crippen LogP contribution in [0.5, 0.6) is 0 Å². The van der Waals surface area contributed by atoms with Crippen LogP contribution in [0.1, 0.15) is 18.4 Å². The first-order chi connectivity index (χ1) is 10.1. The molecule has 0 saturated carbocycles. The van der Waals surface area contributed by atoms with Gasteiger partial charge < -0.3 is 0 Å². The number of fused-ring (bicyclic) bond motifs is 1. The first-order valence-corrected chi connectivity index (χ1v) is 7.44. The Morgan fingerprint density at radius 2 is 2.10 bits per heavy atom. The fourth-order valence-electron chi connectivity index (χ4n) is 2.43. The Morgan fingerprint density at radius 1 is 1.33 bits per heavy atom. The minimum atomic E-state index is -0.383. The van der Waals surface area contributed by atoms with E-state index in [0.717, 1.165) is 16.9 Å². The Kier molecular flexibility index (Phi) is 3.63. The third-order valence-electron chi connectivity index (χ3n) is 3.35. The third-order valence-corrected chi connectivity index (χ3v) is 3.82. The summed E-state index contributed by atoms with van der Waals surface area (Å²) in [6, 6.07) is 4.41. The maximum Gasteiger partial charge on any atom is 0.163 e. The quantitative estimate of drug-likeness (QED) is 0.680. The van der Waals surface area contributed by atoms with Crippen molar-refractivity contribution in [1.82, 2.24) is 19.3 Å². The van der Waals surface area contributed by atoms with Gasteiger partial charge in [0.05, 0.1) is 17.3 Å². The number of aryl methyl sites for hydroxylation is 2. The molecule has 0 unspecified atom stereocenters. The van der Waals surface area contributed by atoms with Crippen molar-refractivity contribution in [2.75, 3.05) is 0 Å². The number of aromatic nitrogens is 4. The third kappa shape index (κ3) is 2.21. The van der Waals surface area contributed by atoms with Crippen LogP contribution < -0.4 is 0 Å². The number of hydrogen-bond donors (Lipinski definition) is 0. The van der Waals surface area contributed by atoms with E-state index in [1.165, 1.54) is 12.1 Å². The molecule has 1 aromatic carbocycles. The smallest absolute Gasteiger partial charge is 0.163 e. The van der Waals surface area contributed by atoms with Crippen LogP contribution in [0.25, 0.3) is 16.9 Å². The van der Waals surface area contributed by atoms with Crippen molar-refractivity contribution in [3.8, 4) is 5.69 Å². The van der Waals surface area contributed by atoms with Crippen LogP contribution in [0.3, 0.4) is 0 Å². The van der Waals surface area contributed by atoms with Gasteiger partial charge in [0.2, 0.25) is 0 Å². The first-order valence-electron chi connectivity index (χ1n) is 6.53. The summed E-state index contributed by atoms with van der Waals surface area (Å²) in [7, 11) is 0. The molecule has 0 radical (unpaired) electrons. The highest BCUT2D eigenvalue weighted by atomic mass is 35.5. The van der Waals surface area contributed by atoms with Gasteiger partial charge in [-0.1, -0.05) is 11.6 Å². The summed E-state index contributed by atoms with van der Waals surface area (Å²) >= 11 is 12.0. The minimum absolute atomic E-state index is 0.170. The summed E-state index contributed by atoms with van der Waals surface area (Å²) in [5.41, 5.74) is 2.58. The SMILES string of the molecule is CCn1nc(C)c2nc(CCl)n(-c3cc(Cl)ccc3F)c21. The Balaban J connectivity index is 2.42. The molecular formula is C14H13Cl2FN4. The molecule has 4 nitrogen and oxygen atoms in total. The van der Waals surface area contributed by atoms with Crippen LogP contribution in [0.15, 0.2) is 18.2 Å². The van der Waals surface area contributed by atoms with E-state index in [4.69, 9.17) is 23.2 Å². The summed E-state index contributed by atoms with van der Waals surface area (Å²) in [5, 5.41) is 4.87. The van der Waals surface area contributed by atoms with Gasteiger partial charge in [-0.3, -0.25) is 4.57 Å². The van der Waals surface area contributed by atoms with Gasteiger partial charge in [0.25, 0.3) is 0 Å². The average molecular weight is 327 g/mol. The van der Waals surface area contributed by atoms with Gasteiger partial charge in [-0.2, -0.15) is 5.10 Å². The second-order valence-corrected chi connectivity index (χ2v) is 5.37. The number of hydrogen-bond acceptors (Lipinski definition) is 2. The van der Waals surface area contributed by atoms with E-state index in [2.05, 4.69) is 10.1 Å². The lowest BCUT2D eigenvalue weighted by Crippen LogP contribution is -2.07. The monoisotopic (exact) mass is 326 g/mol. The number of alkyl halides is 1. The predicted molar refractivity (Wildman–Crippen MR) is 81.8 cm³/mol. The van der Waals surface area contributed by atoms with Crippen LogP contribution in [-0.2, 0) is 12.4 Å². The zero-order chi connectivity index (χ0) is 15.1. The molecule has 0 atom stereocenters. The largest absolute Gasteiger partial charge is 0.277 e. The van der Waals surface area contributed by atoms with E-state index in [0.29, 0.717) is 23.1 Å². The van der Waals surface area contributed by atoms with Crippen LogP contribution >= 0.6 is 23.2 Å². The molecule has 0 saturated heterocycles. The molecule has 0 aliphatic carbocycles. The van der Waals surface area contributed by atoms with Crippen LogP contribution in [0.4, 0.5) is 4.39 Å². The van der Waals surface area contributed by atoms with Crippen LogP contribution in [0, 0.1) is 12.7 Å². The molecule has 7 heteroatoms. The van der Waals surface area contributed by atoms with Crippen molar-refractivity contribution in [3.63, 3.8) is 0 Å². The molecule has 0 N–H and O–H groups in total. The van der Waals surface area contributed by atoms with E-state index in [9.17, 15) is 4.39 Å². The number of imidazole rings is 1. The van der Waals surface area contributed by atoms with E-state index in [1.807, 2.05) is 13.8 Å². The highest BCUT2D eigenvalue weighted by Gasteiger charge is 2.20. The molecule has 0 fully saturated rings. The Hall–Kier alpha value is -1.59.